The molecule has 0 bridgehead atoms. The maximum atomic E-state index is 17.2. The first-order valence-corrected chi connectivity index (χ1v) is 14.3. The molecule has 0 aromatic heterocycles. The van der Waals surface area contributed by atoms with Crippen LogP contribution in [-0.2, 0) is 33.5 Å². The van der Waals surface area contributed by atoms with Gasteiger partial charge < -0.3 is 25.0 Å². The van der Waals surface area contributed by atoms with E-state index >= 15 is 4.39 Å². The molecule has 0 aromatic carbocycles. The minimum atomic E-state index is -2.13. The van der Waals surface area contributed by atoms with Crippen LogP contribution in [0.1, 0.15) is 46.0 Å². The van der Waals surface area contributed by atoms with Crippen LogP contribution in [0.4, 0.5) is 9.18 Å². The predicted molar refractivity (Wildman–Crippen MR) is 140 cm³/mol. The zero-order chi connectivity index (χ0) is 33.4. The lowest BCUT2D eigenvalue weighted by atomic mass is 9.44. The van der Waals surface area contributed by atoms with Gasteiger partial charge in [0.15, 0.2) is 18.1 Å². The van der Waals surface area contributed by atoms with Crippen molar-refractivity contribution in [1.29, 1.82) is 0 Å². The highest BCUT2D eigenvalue weighted by Gasteiger charge is 2.74. The van der Waals surface area contributed by atoms with Crippen molar-refractivity contribution in [1.82, 2.24) is 16.1 Å². The van der Waals surface area contributed by atoms with E-state index in [0.717, 1.165) is 0 Å². The fraction of sp³-hybridized carbons (Fsp3) is 0.704. The van der Waals surface area contributed by atoms with Crippen LogP contribution >= 0.6 is 0 Å². The van der Waals surface area contributed by atoms with E-state index in [2.05, 4.69) is 9.68 Å². The van der Waals surface area contributed by atoms with Gasteiger partial charge in [0.1, 0.15) is 31.5 Å². The standard InChI is InChI=1S/C27H38FN3O14/c1-24-7-5-16(32)9-15(24)3-4-19-18-6-8-26(37,25(18,2)10-20(33)27(19,24)28)21(34)14-43-23(36)29-11-22(35)42-12-17(45-31(40)41)13-44-30(38)39/h5,7,9,17-20,33,37-41H,3-4,6,8,10-14H2,1-2H3,(H,29,36)/t17?,18?,19-,20-,24-,25-,26?,27?/m0/s1. The fourth-order valence-corrected chi connectivity index (χ4v) is 7.75. The molecule has 0 aliphatic heterocycles. The van der Waals surface area contributed by atoms with E-state index in [1.807, 2.05) is 5.32 Å². The molecule has 8 atom stereocenters. The lowest BCUT2D eigenvalue weighted by Crippen LogP contribution is -2.69. The minimum absolute atomic E-state index is 0.0479. The topological polar surface area (TPSA) is 245 Å². The van der Waals surface area contributed by atoms with Crippen LogP contribution in [0.2, 0.25) is 0 Å². The molecule has 4 rings (SSSR count). The van der Waals surface area contributed by atoms with Crippen LogP contribution in [0.15, 0.2) is 23.8 Å². The predicted octanol–water partition coefficient (Wildman–Crippen LogP) is 0.319. The summed E-state index contributed by atoms with van der Waals surface area (Å²) in [5.41, 5.74) is -6.05. The molecule has 4 aliphatic rings. The van der Waals surface area contributed by atoms with E-state index in [1.54, 1.807) is 13.8 Å². The summed E-state index contributed by atoms with van der Waals surface area (Å²) in [6.07, 6.45) is 0.755. The summed E-state index contributed by atoms with van der Waals surface area (Å²) in [6, 6.07) is 0. The number of hydrogen-bond donors (Lipinski definition) is 7. The number of aliphatic hydroxyl groups is 2. The number of esters is 1. The number of halogens is 1. The van der Waals surface area contributed by atoms with Crippen molar-refractivity contribution in [3.8, 4) is 0 Å². The molecule has 3 saturated carbocycles. The molecular weight excluding hydrogens is 609 g/mol. The third-order valence-electron chi connectivity index (χ3n) is 10.0. The fourth-order valence-electron chi connectivity index (χ4n) is 7.75. The molecule has 1 amide bonds. The van der Waals surface area contributed by atoms with Crippen molar-refractivity contribution in [2.75, 3.05) is 26.4 Å². The zero-order valence-corrected chi connectivity index (χ0v) is 24.6. The second-order valence-electron chi connectivity index (χ2n) is 12.2. The number of alkyl carbamates (subject to hydrolysis) is 1. The van der Waals surface area contributed by atoms with E-state index in [-0.39, 0.29) is 25.0 Å². The van der Waals surface area contributed by atoms with Crippen LogP contribution in [0.5, 0.6) is 0 Å². The molecule has 0 saturated heterocycles. The SMILES string of the molecule is C[C@]12C=CC(=O)C=C1CC[C@H]1C3CCC(O)(C(=O)COC(=O)NCC(=O)OCC(CON(O)O)ON(O)O)[C@@]3(C)C[C@H](O)C12F. The van der Waals surface area contributed by atoms with Gasteiger partial charge in [-0.25, -0.2) is 18.9 Å². The van der Waals surface area contributed by atoms with E-state index in [4.69, 9.17) is 30.3 Å². The summed E-state index contributed by atoms with van der Waals surface area (Å²) in [5, 5.41) is 58.2. The van der Waals surface area contributed by atoms with Crippen LogP contribution in [0.3, 0.4) is 0 Å². The number of amides is 1. The maximum Gasteiger partial charge on any atom is 0.408 e. The summed E-state index contributed by atoms with van der Waals surface area (Å²) in [7, 11) is 0. The Labute approximate surface area is 256 Å². The number of hydrogen-bond acceptors (Lipinski definition) is 16. The average Bonchev–Trinajstić information content (AvgIpc) is 3.23. The number of ether oxygens (including phenoxy) is 2. The van der Waals surface area contributed by atoms with Gasteiger partial charge >= 0.3 is 12.1 Å². The van der Waals surface area contributed by atoms with Gasteiger partial charge in [0.25, 0.3) is 0 Å². The van der Waals surface area contributed by atoms with Crippen molar-refractivity contribution >= 4 is 23.6 Å². The number of nitrogens with zero attached hydrogens (tertiary/aromatic N) is 2. The van der Waals surface area contributed by atoms with Gasteiger partial charge in [0, 0.05) is 16.7 Å². The van der Waals surface area contributed by atoms with Crippen molar-refractivity contribution in [3.63, 3.8) is 0 Å². The van der Waals surface area contributed by atoms with Crippen LogP contribution in [-0.4, -0.2) is 115 Å². The molecule has 0 heterocycles. The van der Waals surface area contributed by atoms with E-state index in [9.17, 15) is 29.4 Å². The molecule has 18 heteroatoms. The van der Waals surface area contributed by atoms with Crippen LogP contribution in [0, 0.1) is 22.7 Å². The normalized spacial score (nSPS) is 36.1. The van der Waals surface area contributed by atoms with Crippen molar-refractivity contribution in [2.24, 2.45) is 22.7 Å². The Kier molecular flexibility index (Phi) is 10.2. The number of ketones is 2. The lowest BCUT2D eigenvalue weighted by Gasteiger charge is -2.62. The number of fused-ring (bicyclic) bond motifs is 5. The highest BCUT2D eigenvalue weighted by Crippen LogP contribution is 2.69. The van der Waals surface area contributed by atoms with Crippen molar-refractivity contribution in [3.05, 3.63) is 23.8 Å². The first-order valence-electron chi connectivity index (χ1n) is 14.3. The van der Waals surface area contributed by atoms with Gasteiger partial charge in [-0.1, -0.05) is 18.6 Å². The number of alkyl halides is 1. The molecule has 252 valence electrons. The molecule has 7 N–H and O–H groups in total. The highest BCUT2D eigenvalue weighted by atomic mass is 19.1. The Morgan fingerprint density at radius 3 is 2.47 bits per heavy atom. The van der Waals surface area contributed by atoms with Crippen LogP contribution in [0.25, 0.3) is 0 Å². The molecule has 0 spiro atoms. The molecule has 3 fully saturated rings. The minimum Gasteiger partial charge on any atom is -0.461 e. The maximum absolute atomic E-state index is 17.2. The highest BCUT2D eigenvalue weighted by molar-refractivity contribution is 6.01. The largest absolute Gasteiger partial charge is 0.461 e. The Balaban J connectivity index is 1.33. The Bertz CT molecular complexity index is 1250. The summed E-state index contributed by atoms with van der Waals surface area (Å²) in [6.45, 7) is 0.241. The summed E-state index contributed by atoms with van der Waals surface area (Å²) in [4.78, 5) is 58.1. The Hall–Kier alpha value is -2.91. The number of aliphatic hydroxyl groups excluding tert-OH is 1. The molecule has 4 aliphatic carbocycles. The van der Waals surface area contributed by atoms with Gasteiger partial charge in [-0.15, -0.1) is 0 Å². The Morgan fingerprint density at radius 1 is 1.09 bits per heavy atom. The van der Waals surface area contributed by atoms with Gasteiger partial charge in [-0.2, -0.15) is 0 Å². The first-order chi connectivity index (χ1) is 21.0. The summed E-state index contributed by atoms with van der Waals surface area (Å²) >= 11 is 0. The zero-order valence-electron chi connectivity index (χ0n) is 24.6. The van der Waals surface area contributed by atoms with E-state index in [1.165, 1.54) is 18.2 Å². The number of nitrogens with one attached hydrogen (secondary N) is 1. The quantitative estimate of drug-likeness (QED) is 0.111. The van der Waals surface area contributed by atoms with E-state index in [0.29, 0.717) is 18.4 Å². The average molecular weight is 648 g/mol. The smallest absolute Gasteiger partial charge is 0.408 e. The monoisotopic (exact) mass is 647 g/mol. The molecule has 45 heavy (non-hydrogen) atoms. The molecule has 17 nitrogen and oxygen atoms in total. The number of Topliss-reactive ketones (excluding diaryl/α,β-unsaturated/α-hetero) is 1. The number of rotatable bonds is 12. The van der Waals surface area contributed by atoms with Gasteiger partial charge in [0.2, 0.25) is 5.78 Å². The number of allylic oxidation sites excluding steroid dienone is 4. The third kappa shape index (κ3) is 6.39. The molecule has 4 unspecified atom stereocenters. The summed E-state index contributed by atoms with van der Waals surface area (Å²) in [5.74, 6) is -3.37. The Morgan fingerprint density at radius 2 is 1.80 bits per heavy atom. The second kappa shape index (κ2) is 13.1. The summed E-state index contributed by atoms with van der Waals surface area (Å²) < 4.78 is 26.8. The van der Waals surface area contributed by atoms with E-state index < -0.39 is 101 Å². The number of carbonyl (C=O) groups excluding carboxylic acids is 4. The van der Waals surface area contributed by atoms with Crippen molar-refractivity contribution < 1.29 is 73.8 Å². The van der Waals surface area contributed by atoms with Crippen LogP contribution < -0.4 is 5.32 Å². The second-order valence-corrected chi connectivity index (χ2v) is 12.2. The molecule has 0 radical (unpaired) electrons. The van der Waals surface area contributed by atoms with Gasteiger partial charge in [-0.05, 0) is 57.1 Å². The lowest BCUT2D eigenvalue weighted by molar-refractivity contribution is -0.527. The number of carbonyl (C=O) groups is 4. The first kappa shape index (κ1) is 35.0. The van der Waals surface area contributed by atoms with Gasteiger partial charge in [-0.3, -0.25) is 35.2 Å². The van der Waals surface area contributed by atoms with Crippen molar-refractivity contribution in [2.45, 2.75) is 69.4 Å². The third-order valence-corrected chi connectivity index (χ3v) is 10.0. The molecular formula is C27H38FN3O14. The van der Waals surface area contributed by atoms with Gasteiger partial charge in [0.05, 0.1) is 16.9 Å². The molecule has 0 aromatic rings.